The van der Waals surface area contributed by atoms with E-state index >= 15 is 0 Å². The Kier molecular flexibility index (Phi) is 6.11. The molecule has 0 aliphatic rings. The van der Waals surface area contributed by atoms with Crippen molar-refractivity contribution < 1.29 is 22.8 Å². The molecule has 0 aliphatic carbocycles. The molecule has 1 heterocycles. The van der Waals surface area contributed by atoms with E-state index in [4.69, 9.17) is 11.6 Å². The molecule has 0 saturated heterocycles. The van der Waals surface area contributed by atoms with E-state index in [1.54, 1.807) is 12.1 Å². The summed E-state index contributed by atoms with van der Waals surface area (Å²) in [5.74, 6) is -1.86. The highest BCUT2D eigenvalue weighted by atomic mass is 35.5. The van der Waals surface area contributed by atoms with Gasteiger partial charge in [0.2, 0.25) is 5.43 Å². The maximum Gasteiger partial charge on any atom is 0.418 e. The van der Waals surface area contributed by atoms with Crippen LogP contribution in [0.1, 0.15) is 32.1 Å². The monoisotopic (exact) mass is 450 g/mol. The average Bonchev–Trinajstić information content (AvgIpc) is 2.71. The van der Waals surface area contributed by atoms with Gasteiger partial charge in [0.25, 0.3) is 11.8 Å². The number of hydrazine groups is 1. The lowest BCUT2D eigenvalue weighted by molar-refractivity contribution is -0.137. The van der Waals surface area contributed by atoms with Gasteiger partial charge in [-0.1, -0.05) is 35.9 Å². The number of carbonyl (C=O) groups is 2. The number of hydrogen-bond donors (Lipinski definition) is 2. The lowest BCUT2D eigenvalue weighted by Gasteiger charge is -2.16. The highest BCUT2D eigenvalue weighted by Gasteiger charge is 2.34. The Morgan fingerprint density at radius 1 is 1.00 bits per heavy atom. The zero-order valence-corrected chi connectivity index (χ0v) is 16.6. The third-order valence-electron chi connectivity index (χ3n) is 4.17. The first-order chi connectivity index (χ1) is 14.6. The summed E-state index contributed by atoms with van der Waals surface area (Å²) in [4.78, 5) is 36.8. The van der Waals surface area contributed by atoms with Crippen molar-refractivity contribution in [1.29, 1.82) is 0 Å². The summed E-state index contributed by atoms with van der Waals surface area (Å²) in [7, 11) is 0. The van der Waals surface area contributed by atoms with E-state index in [1.165, 1.54) is 31.2 Å². The van der Waals surface area contributed by atoms with Crippen molar-refractivity contribution in [2.75, 3.05) is 0 Å². The molecule has 3 aromatic rings. The van der Waals surface area contributed by atoms with Crippen molar-refractivity contribution in [1.82, 2.24) is 20.6 Å². The van der Waals surface area contributed by atoms with Crippen LogP contribution in [0.5, 0.6) is 0 Å². The number of halogens is 4. The summed E-state index contributed by atoms with van der Waals surface area (Å²) in [5.41, 5.74) is 1.36. The molecule has 11 heteroatoms. The van der Waals surface area contributed by atoms with Crippen LogP contribution in [-0.2, 0) is 6.18 Å². The van der Waals surface area contributed by atoms with Crippen LogP contribution in [0.15, 0.2) is 59.4 Å². The second kappa shape index (κ2) is 8.60. The molecule has 0 saturated carbocycles. The third kappa shape index (κ3) is 4.75. The molecule has 160 valence electrons. The number of alkyl halides is 3. The second-order valence-corrected chi connectivity index (χ2v) is 6.72. The maximum absolute atomic E-state index is 13.4. The number of hydrogen-bond acceptors (Lipinski definition) is 4. The molecule has 2 N–H and O–H groups in total. The summed E-state index contributed by atoms with van der Waals surface area (Å²) in [5, 5.41) is 3.93. The number of rotatable bonds is 3. The fourth-order valence-electron chi connectivity index (χ4n) is 2.73. The van der Waals surface area contributed by atoms with Gasteiger partial charge in [0.15, 0.2) is 5.69 Å². The van der Waals surface area contributed by atoms with E-state index in [0.29, 0.717) is 0 Å². The quantitative estimate of drug-likeness (QED) is 0.599. The molecule has 0 atom stereocenters. The molecule has 7 nitrogen and oxygen atoms in total. The molecule has 0 unspecified atom stereocenters. The number of aromatic nitrogens is 2. The van der Waals surface area contributed by atoms with Gasteiger partial charge in [0.1, 0.15) is 0 Å². The lowest BCUT2D eigenvalue weighted by atomic mass is 10.1. The van der Waals surface area contributed by atoms with Crippen LogP contribution in [0, 0.1) is 6.92 Å². The van der Waals surface area contributed by atoms with Gasteiger partial charge >= 0.3 is 6.18 Å². The summed E-state index contributed by atoms with van der Waals surface area (Å²) < 4.78 is 40.9. The van der Waals surface area contributed by atoms with Gasteiger partial charge in [-0.15, -0.1) is 0 Å². The third-order valence-corrected chi connectivity index (χ3v) is 4.50. The van der Waals surface area contributed by atoms with Crippen LogP contribution in [0.4, 0.5) is 13.2 Å². The summed E-state index contributed by atoms with van der Waals surface area (Å²) >= 11 is 5.90. The first-order valence-corrected chi connectivity index (χ1v) is 9.10. The molecular weight excluding hydrogens is 437 g/mol. The molecule has 0 radical (unpaired) electrons. The Labute approximate surface area is 178 Å². The van der Waals surface area contributed by atoms with Crippen molar-refractivity contribution in [2.24, 2.45) is 0 Å². The SMILES string of the molecule is Cc1cc(=O)c(C(=O)NNC(=O)c2ccccc2Cl)nn1-c1ccccc1C(F)(F)F. The fourth-order valence-corrected chi connectivity index (χ4v) is 2.95. The van der Waals surface area contributed by atoms with Crippen LogP contribution >= 0.6 is 11.6 Å². The molecule has 0 bridgehead atoms. The number of carbonyl (C=O) groups excluding carboxylic acids is 2. The molecular formula is C20H14ClF3N4O3. The smallest absolute Gasteiger partial charge is 0.287 e. The van der Waals surface area contributed by atoms with Gasteiger partial charge in [-0.3, -0.25) is 25.2 Å². The number of aryl methyl sites for hydroxylation is 1. The maximum atomic E-state index is 13.4. The molecule has 2 aromatic carbocycles. The molecule has 3 rings (SSSR count). The Morgan fingerprint density at radius 2 is 1.61 bits per heavy atom. The number of amides is 2. The van der Waals surface area contributed by atoms with Gasteiger partial charge in [-0.25, -0.2) is 4.68 Å². The van der Waals surface area contributed by atoms with Crippen LogP contribution in [0.3, 0.4) is 0 Å². The highest BCUT2D eigenvalue weighted by Crippen LogP contribution is 2.33. The van der Waals surface area contributed by atoms with Crippen molar-refractivity contribution >= 4 is 23.4 Å². The van der Waals surface area contributed by atoms with Gasteiger partial charge in [-0.2, -0.15) is 18.3 Å². The van der Waals surface area contributed by atoms with Crippen LogP contribution in [-0.4, -0.2) is 21.6 Å². The fraction of sp³-hybridized carbons (Fsp3) is 0.100. The van der Waals surface area contributed by atoms with Gasteiger partial charge < -0.3 is 0 Å². The minimum absolute atomic E-state index is 0.0675. The van der Waals surface area contributed by atoms with Gasteiger partial charge in [0, 0.05) is 11.8 Å². The summed E-state index contributed by atoms with van der Waals surface area (Å²) in [6, 6.07) is 11.6. The number of nitrogens with zero attached hydrogens (tertiary/aromatic N) is 2. The minimum Gasteiger partial charge on any atom is -0.287 e. The summed E-state index contributed by atoms with van der Waals surface area (Å²) in [6.45, 7) is 1.38. The molecule has 0 fully saturated rings. The van der Waals surface area contributed by atoms with Crippen LogP contribution in [0.2, 0.25) is 5.02 Å². The van der Waals surface area contributed by atoms with E-state index in [9.17, 15) is 27.6 Å². The molecule has 0 aliphatic heterocycles. The summed E-state index contributed by atoms with van der Waals surface area (Å²) in [6.07, 6.45) is -4.68. The van der Waals surface area contributed by atoms with Gasteiger partial charge in [0.05, 0.1) is 21.8 Å². The van der Waals surface area contributed by atoms with E-state index in [1.807, 2.05) is 5.43 Å². The number of para-hydroxylation sites is 1. The Morgan fingerprint density at radius 3 is 2.29 bits per heavy atom. The van der Waals surface area contributed by atoms with Crippen LogP contribution < -0.4 is 16.3 Å². The van der Waals surface area contributed by atoms with Crippen LogP contribution in [0.25, 0.3) is 5.69 Å². The number of benzene rings is 2. The molecule has 1 aromatic heterocycles. The predicted octanol–water partition coefficient (Wildman–Crippen LogP) is 3.29. The van der Waals surface area contributed by atoms with E-state index in [0.717, 1.165) is 22.9 Å². The molecule has 31 heavy (non-hydrogen) atoms. The normalized spacial score (nSPS) is 11.1. The van der Waals surface area contributed by atoms with Crippen molar-refractivity contribution in [3.63, 3.8) is 0 Å². The Bertz CT molecular complexity index is 1220. The highest BCUT2D eigenvalue weighted by molar-refractivity contribution is 6.33. The molecule has 2 amide bonds. The lowest BCUT2D eigenvalue weighted by Crippen LogP contribution is -2.44. The Balaban J connectivity index is 1.92. The topological polar surface area (TPSA) is 93.1 Å². The second-order valence-electron chi connectivity index (χ2n) is 6.31. The van der Waals surface area contributed by atoms with Gasteiger partial charge in [-0.05, 0) is 31.2 Å². The first kappa shape index (κ1) is 22.0. The largest absolute Gasteiger partial charge is 0.418 e. The minimum atomic E-state index is -4.68. The zero-order valence-electron chi connectivity index (χ0n) is 15.8. The zero-order chi connectivity index (χ0) is 22.8. The number of nitrogens with one attached hydrogen (secondary N) is 2. The van der Waals surface area contributed by atoms with E-state index < -0.39 is 34.7 Å². The predicted molar refractivity (Wildman–Crippen MR) is 106 cm³/mol. The van der Waals surface area contributed by atoms with E-state index in [-0.39, 0.29) is 22.0 Å². The van der Waals surface area contributed by atoms with E-state index in [2.05, 4.69) is 10.5 Å². The van der Waals surface area contributed by atoms with Crippen molar-refractivity contribution in [2.45, 2.75) is 13.1 Å². The molecule has 0 spiro atoms. The average molecular weight is 451 g/mol. The Hall–Kier alpha value is -3.66. The first-order valence-electron chi connectivity index (χ1n) is 8.72. The van der Waals surface area contributed by atoms with Crippen molar-refractivity contribution in [3.8, 4) is 5.69 Å². The van der Waals surface area contributed by atoms with Crippen molar-refractivity contribution in [3.05, 3.63) is 92.4 Å². The standard InChI is InChI=1S/C20H14ClF3N4O3/c1-11-10-16(29)17(19(31)26-25-18(30)12-6-2-4-8-14(12)21)27-28(11)15-9-5-3-7-13(15)20(22,23)24/h2-10H,1H3,(H,25,30)(H,26,31).